The van der Waals surface area contributed by atoms with E-state index in [2.05, 4.69) is 0 Å². The number of rotatable bonds is 0. The van der Waals surface area contributed by atoms with E-state index in [4.69, 9.17) is 0 Å². The van der Waals surface area contributed by atoms with Gasteiger partial charge >= 0.3 is 0 Å². The molecule has 0 N–H and O–H groups in total. The van der Waals surface area contributed by atoms with Gasteiger partial charge in [-0.05, 0) is 13.3 Å². The number of hydrogen-bond donors (Lipinski definition) is 0. The summed E-state index contributed by atoms with van der Waals surface area (Å²) in [5.74, 6) is 0. The van der Waals surface area contributed by atoms with Crippen molar-refractivity contribution in [2.45, 2.75) is 0 Å². The van der Waals surface area contributed by atoms with Crippen LogP contribution in [0.15, 0.2) is 0 Å². The Morgan fingerprint density at radius 1 is 1.60 bits per heavy atom. The molecule has 0 aliphatic rings. The molecule has 3 heteroatoms. The molecule has 0 heterocycles. The molecule has 0 spiro atoms. The maximum atomic E-state index is 9.63. The second-order valence-corrected chi connectivity index (χ2v) is 2.72. The van der Waals surface area contributed by atoms with Crippen molar-refractivity contribution in [3.8, 4) is 0 Å². The fourth-order valence-corrected chi connectivity index (χ4v) is 0. The fraction of sp³-hybridized carbons (Fsp3) is 1.00. The van der Waals surface area contributed by atoms with Gasteiger partial charge in [-0.25, -0.2) is 0 Å². The predicted octanol–water partition coefficient (Wildman–Crippen LogP) is 0.916. The van der Waals surface area contributed by atoms with Crippen molar-refractivity contribution in [1.29, 1.82) is 0 Å². The minimum Gasteiger partial charge on any atom is -1.00 e. The van der Waals surface area contributed by atoms with Gasteiger partial charge in [-0.1, -0.05) is 0 Å². The summed E-state index contributed by atoms with van der Waals surface area (Å²) in [6.07, 6.45) is 0. The largest absolute Gasteiger partial charge is 1.00 e. The van der Waals surface area contributed by atoms with E-state index >= 15 is 0 Å². The molecule has 0 aromatic carbocycles. The Morgan fingerprint density at radius 2 is 1.60 bits per heavy atom. The molecule has 5 heavy (non-hydrogen) atoms. The Kier molecular flexibility index (Phi) is 9.63. The Labute approximate surface area is 53.2 Å². The van der Waals surface area contributed by atoms with Crippen molar-refractivity contribution in [2.24, 2.45) is 0 Å². The molecular weight excluding hydrogens is 116 g/mol. The van der Waals surface area contributed by atoms with Crippen molar-refractivity contribution < 1.29 is 31.8 Å². The van der Waals surface area contributed by atoms with Crippen molar-refractivity contribution in [2.75, 3.05) is 13.3 Å². The Balaban J connectivity index is -0.0000000450. The maximum absolute atomic E-state index is 9.63. The van der Waals surface area contributed by atoms with E-state index in [-0.39, 0.29) is 27.3 Å². The van der Waals surface area contributed by atoms with Crippen LogP contribution in [0, 0.1) is 0 Å². The second-order valence-electron chi connectivity index (χ2n) is 0.908. The Bertz CT molecular complexity index is 36.5. The molecule has 1 radical (unpaired) electrons. The van der Waals surface area contributed by atoms with Crippen LogP contribution in [0.4, 0.5) is 0 Å². The fourth-order valence-electron chi connectivity index (χ4n) is 0. The molecule has 0 aliphatic heterocycles. The maximum Gasteiger partial charge on any atom is 0.0703 e. The molecule has 0 saturated heterocycles. The smallest absolute Gasteiger partial charge is 0.0703 e. The molecule has 0 fully saturated rings. The van der Waals surface area contributed by atoms with Crippen LogP contribution in [0.3, 0.4) is 0 Å². The summed E-state index contributed by atoms with van der Waals surface area (Å²) < 4.78 is 9.63. The van der Waals surface area contributed by atoms with Gasteiger partial charge in [0.2, 0.25) is 0 Å². The van der Waals surface area contributed by atoms with Gasteiger partial charge in [0.25, 0.3) is 0 Å². The molecule has 0 rings (SSSR count). The van der Waals surface area contributed by atoms with Gasteiger partial charge in [-0.2, -0.15) is 0 Å². The quantitative estimate of drug-likeness (QED) is 0.438. The van der Waals surface area contributed by atoms with Crippen LogP contribution in [0.5, 0.6) is 0 Å². The topological polar surface area (TPSA) is 17.1 Å². The van der Waals surface area contributed by atoms with Gasteiger partial charge in [0.05, 0.1) is 7.80 Å². The van der Waals surface area contributed by atoms with E-state index in [9.17, 15) is 4.57 Å². The van der Waals surface area contributed by atoms with Gasteiger partial charge in [-0.3, -0.25) is 0 Å². The summed E-state index contributed by atoms with van der Waals surface area (Å²) in [6, 6.07) is 0. The molecule has 0 unspecified atom stereocenters. The second kappa shape index (κ2) is 5.10. The third-order valence-corrected chi connectivity index (χ3v) is 0. The summed E-state index contributed by atoms with van der Waals surface area (Å²) in [5.41, 5.74) is 0. The molecule has 0 aromatic heterocycles. The first kappa shape index (κ1) is 9.44. The molecule has 0 bridgehead atoms. The van der Waals surface area contributed by atoms with Gasteiger partial charge < -0.3 is 5.99 Å². The predicted molar refractivity (Wildman–Crippen MR) is 22.0 cm³/mol. The van der Waals surface area contributed by atoms with Gasteiger partial charge in [0.1, 0.15) is 0 Å². The van der Waals surface area contributed by atoms with Crippen LogP contribution in [0.2, 0.25) is 0 Å². The van der Waals surface area contributed by atoms with Crippen molar-refractivity contribution in [3.05, 3.63) is 0 Å². The van der Waals surface area contributed by atoms with Crippen LogP contribution in [-0.4, -0.2) is 13.3 Å². The SMILES string of the molecule is C[PH](C)=O.[H-].[Sc]. The Hall–Kier alpha value is 1.10. The average molecular weight is 124 g/mol. The first-order valence-electron chi connectivity index (χ1n) is 1.20. The first-order chi connectivity index (χ1) is 1.73. The summed E-state index contributed by atoms with van der Waals surface area (Å²) in [7, 11) is -1.13. The van der Waals surface area contributed by atoms with Gasteiger partial charge in [0.15, 0.2) is 0 Å². The molecule has 0 aliphatic carbocycles. The molecule has 0 amide bonds. The summed E-state index contributed by atoms with van der Waals surface area (Å²) in [6.45, 7) is 3.43. The van der Waals surface area contributed by atoms with Gasteiger partial charge in [-0.15, -0.1) is 0 Å². The van der Waals surface area contributed by atoms with E-state index < -0.39 is 7.80 Å². The normalized spacial score (nSPS) is 7.00. The zero-order valence-electron chi connectivity index (χ0n) is 4.49. The van der Waals surface area contributed by atoms with E-state index in [1.54, 1.807) is 13.3 Å². The standard InChI is InChI=1S/C2H7OP.Sc.H/c1-4(2)3;;/h4H,1-2H3;;/q;;-1. The van der Waals surface area contributed by atoms with E-state index in [0.717, 1.165) is 0 Å². The minimum atomic E-state index is -1.13. The zero-order valence-corrected chi connectivity index (χ0v) is 6.29. The van der Waals surface area contributed by atoms with E-state index in [1.165, 1.54) is 0 Å². The average Bonchev–Trinajstić information content (AvgIpc) is 0.811. The molecule has 0 saturated carbocycles. The van der Waals surface area contributed by atoms with Crippen LogP contribution >= 0.6 is 7.80 Å². The van der Waals surface area contributed by atoms with Crippen LogP contribution in [-0.2, 0) is 30.4 Å². The summed E-state index contributed by atoms with van der Waals surface area (Å²) >= 11 is 0. The van der Waals surface area contributed by atoms with Crippen molar-refractivity contribution in [1.82, 2.24) is 0 Å². The molecular formula is C2H8OPSc-. The van der Waals surface area contributed by atoms with E-state index in [0.29, 0.717) is 0 Å². The first-order valence-corrected chi connectivity index (χ1v) is 3.61. The van der Waals surface area contributed by atoms with Crippen LogP contribution in [0.1, 0.15) is 1.43 Å². The molecule has 31 valence electrons. The number of hydrogen-bond acceptors (Lipinski definition) is 1. The molecule has 0 aromatic rings. The minimum absolute atomic E-state index is 0. The van der Waals surface area contributed by atoms with Gasteiger partial charge in [0, 0.05) is 25.8 Å². The zero-order chi connectivity index (χ0) is 3.58. The van der Waals surface area contributed by atoms with E-state index in [1.807, 2.05) is 0 Å². The monoisotopic (exact) mass is 124 g/mol. The van der Waals surface area contributed by atoms with Crippen molar-refractivity contribution >= 4 is 7.80 Å². The third-order valence-electron chi connectivity index (χ3n) is 0. The third kappa shape index (κ3) is 40.5. The molecule has 0 atom stereocenters. The molecule has 1 nitrogen and oxygen atoms in total. The summed E-state index contributed by atoms with van der Waals surface area (Å²) in [4.78, 5) is 0. The van der Waals surface area contributed by atoms with Crippen LogP contribution < -0.4 is 0 Å². The Morgan fingerprint density at radius 3 is 1.60 bits per heavy atom. The summed E-state index contributed by atoms with van der Waals surface area (Å²) in [5, 5.41) is 0. The van der Waals surface area contributed by atoms with Crippen molar-refractivity contribution in [3.63, 3.8) is 0 Å². The van der Waals surface area contributed by atoms with Crippen LogP contribution in [0.25, 0.3) is 0 Å².